The Morgan fingerprint density at radius 3 is 2.91 bits per heavy atom. The molecule has 0 spiro atoms. The van der Waals surface area contributed by atoms with E-state index in [1.165, 1.54) is 0 Å². The van der Waals surface area contributed by atoms with E-state index in [0.29, 0.717) is 6.42 Å². The number of benzene rings is 1. The van der Waals surface area contributed by atoms with Crippen molar-refractivity contribution in [2.75, 3.05) is 5.73 Å². The van der Waals surface area contributed by atoms with E-state index < -0.39 is 0 Å². The van der Waals surface area contributed by atoms with Gasteiger partial charge in [0.25, 0.3) is 0 Å². The van der Waals surface area contributed by atoms with Crippen molar-refractivity contribution < 1.29 is 0 Å². The van der Waals surface area contributed by atoms with E-state index in [1.807, 2.05) is 18.2 Å². The number of halogens is 1. The van der Waals surface area contributed by atoms with Gasteiger partial charge in [0.05, 0.1) is 12.5 Å². The van der Waals surface area contributed by atoms with Gasteiger partial charge < -0.3 is 5.73 Å². The van der Waals surface area contributed by atoms with E-state index in [2.05, 4.69) is 28.7 Å². The molecule has 11 heavy (non-hydrogen) atoms. The molecule has 0 saturated carbocycles. The van der Waals surface area contributed by atoms with Crippen LogP contribution in [0, 0.1) is 14.9 Å². The number of rotatable bonds is 1. The third kappa shape index (κ3) is 2.09. The Labute approximate surface area is 79.2 Å². The van der Waals surface area contributed by atoms with Crippen LogP contribution in [0.1, 0.15) is 5.56 Å². The molecule has 0 radical (unpaired) electrons. The maximum atomic E-state index is 8.44. The van der Waals surface area contributed by atoms with Gasteiger partial charge >= 0.3 is 0 Å². The molecule has 1 rings (SSSR count). The second-order valence-electron chi connectivity index (χ2n) is 2.19. The summed E-state index contributed by atoms with van der Waals surface area (Å²) in [6, 6.07) is 7.69. The minimum Gasteiger partial charge on any atom is -0.399 e. The molecule has 0 heterocycles. The quantitative estimate of drug-likeness (QED) is 0.618. The Bertz CT molecular complexity index is 301. The molecule has 0 amide bonds. The van der Waals surface area contributed by atoms with Crippen molar-refractivity contribution in [2.45, 2.75) is 6.42 Å². The summed E-state index contributed by atoms with van der Waals surface area (Å²) in [5.74, 6) is 0. The summed E-state index contributed by atoms with van der Waals surface area (Å²) >= 11 is 2.19. The first-order chi connectivity index (χ1) is 5.24. The smallest absolute Gasteiger partial charge is 0.0670 e. The summed E-state index contributed by atoms with van der Waals surface area (Å²) in [6.07, 6.45) is 0.434. The molecule has 0 aliphatic carbocycles. The summed E-state index contributed by atoms with van der Waals surface area (Å²) in [7, 11) is 0. The molecule has 0 unspecified atom stereocenters. The number of nitriles is 1. The fraction of sp³-hybridized carbons (Fsp3) is 0.125. The molecule has 1 aromatic carbocycles. The lowest BCUT2D eigenvalue weighted by atomic mass is 10.1. The summed E-state index contributed by atoms with van der Waals surface area (Å²) < 4.78 is 1.10. The van der Waals surface area contributed by atoms with Gasteiger partial charge in [0.2, 0.25) is 0 Å². The van der Waals surface area contributed by atoms with E-state index in [1.54, 1.807) is 0 Å². The van der Waals surface area contributed by atoms with Gasteiger partial charge in [-0.05, 0) is 46.4 Å². The number of nitrogen functional groups attached to an aromatic ring is 1. The van der Waals surface area contributed by atoms with Crippen LogP contribution in [0.5, 0.6) is 0 Å². The molecule has 2 N–H and O–H groups in total. The van der Waals surface area contributed by atoms with Crippen molar-refractivity contribution in [2.24, 2.45) is 0 Å². The average molecular weight is 258 g/mol. The molecule has 0 aromatic heterocycles. The van der Waals surface area contributed by atoms with Crippen molar-refractivity contribution in [3.63, 3.8) is 0 Å². The summed E-state index contributed by atoms with van der Waals surface area (Å²) in [4.78, 5) is 0. The van der Waals surface area contributed by atoms with E-state index in [4.69, 9.17) is 11.0 Å². The highest BCUT2D eigenvalue weighted by molar-refractivity contribution is 14.1. The zero-order chi connectivity index (χ0) is 8.27. The standard InChI is InChI=1S/C8H7IN2/c9-8-2-1-7(11)5-6(8)3-4-10/h1-2,5H,3,11H2. The molecule has 3 heteroatoms. The Kier molecular flexibility index (Phi) is 2.71. The Balaban J connectivity index is 3.05. The van der Waals surface area contributed by atoms with Crippen molar-refractivity contribution in [1.82, 2.24) is 0 Å². The lowest BCUT2D eigenvalue weighted by Crippen LogP contribution is -1.90. The van der Waals surface area contributed by atoms with Crippen LogP contribution in [-0.4, -0.2) is 0 Å². The van der Waals surface area contributed by atoms with E-state index in [-0.39, 0.29) is 0 Å². The second-order valence-corrected chi connectivity index (χ2v) is 3.35. The molecule has 0 saturated heterocycles. The summed E-state index contributed by atoms with van der Waals surface area (Å²) in [6.45, 7) is 0. The first-order valence-electron chi connectivity index (χ1n) is 3.15. The fourth-order valence-corrected chi connectivity index (χ4v) is 1.34. The first-order valence-corrected chi connectivity index (χ1v) is 4.23. The Morgan fingerprint density at radius 1 is 1.55 bits per heavy atom. The van der Waals surface area contributed by atoms with Crippen LogP contribution in [-0.2, 0) is 6.42 Å². The topological polar surface area (TPSA) is 49.8 Å². The average Bonchev–Trinajstić information content (AvgIpc) is 1.98. The highest BCUT2D eigenvalue weighted by atomic mass is 127. The minimum atomic E-state index is 0.434. The zero-order valence-corrected chi connectivity index (χ0v) is 8.00. The molecule has 1 aromatic rings. The number of nitrogens with zero attached hydrogens (tertiary/aromatic N) is 1. The van der Waals surface area contributed by atoms with Crippen LogP contribution < -0.4 is 5.73 Å². The Morgan fingerprint density at radius 2 is 2.27 bits per heavy atom. The highest BCUT2D eigenvalue weighted by Crippen LogP contribution is 2.15. The van der Waals surface area contributed by atoms with Gasteiger partial charge in [0, 0.05) is 9.26 Å². The van der Waals surface area contributed by atoms with Crippen molar-refractivity contribution >= 4 is 28.3 Å². The van der Waals surface area contributed by atoms with Crippen LogP contribution in [0.3, 0.4) is 0 Å². The maximum Gasteiger partial charge on any atom is 0.0670 e. The number of nitrogens with two attached hydrogens (primary N) is 1. The number of hydrogen-bond acceptors (Lipinski definition) is 2. The largest absolute Gasteiger partial charge is 0.399 e. The number of anilines is 1. The summed E-state index contributed by atoms with van der Waals surface area (Å²) in [5, 5.41) is 8.44. The molecule has 0 bridgehead atoms. The van der Waals surface area contributed by atoms with Gasteiger partial charge in [0.1, 0.15) is 0 Å². The van der Waals surface area contributed by atoms with Crippen LogP contribution in [0.2, 0.25) is 0 Å². The monoisotopic (exact) mass is 258 g/mol. The third-order valence-electron chi connectivity index (χ3n) is 1.34. The first kappa shape index (κ1) is 8.34. The molecule has 0 atom stereocenters. The lowest BCUT2D eigenvalue weighted by Gasteiger charge is -1.99. The van der Waals surface area contributed by atoms with Gasteiger partial charge in [-0.2, -0.15) is 5.26 Å². The summed E-state index contributed by atoms with van der Waals surface area (Å²) in [5.41, 5.74) is 7.27. The number of hydrogen-bond donors (Lipinski definition) is 1. The van der Waals surface area contributed by atoms with E-state index in [0.717, 1.165) is 14.8 Å². The lowest BCUT2D eigenvalue weighted by molar-refractivity contribution is 1.25. The predicted molar refractivity (Wildman–Crippen MR) is 52.9 cm³/mol. The zero-order valence-electron chi connectivity index (χ0n) is 5.84. The van der Waals surface area contributed by atoms with Crippen LogP contribution in [0.15, 0.2) is 18.2 Å². The molecular formula is C8H7IN2. The van der Waals surface area contributed by atoms with Crippen molar-refractivity contribution in [3.8, 4) is 6.07 Å². The molecule has 2 nitrogen and oxygen atoms in total. The van der Waals surface area contributed by atoms with E-state index >= 15 is 0 Å². The molecule has 0 fully saturated rings. The maximum absolute atomic E-state index is 8.44. The molecule has 56 valence electrons. The second kappa shape index (κ2) is 3.58. The SMILES string of the molecule is N#CCc1cc(N)ccc1I. The third-order valence-corrected chi connectivity index (χ3v) is 2.39. The van der Waals surface area contributed by atoms with Gasteiger partial charge in [-0.3, -0.25) is 0 Å². The predicted octanol–water partition coefficient (Wildman–Crippen LogP) is 1.94. The van der Waals surface area contributed by atoms with Gasteiger partial charge in [0.15, 0.2) is 0 Å². The highest BCUT2D eigenvalue weighted by Gasteiger charge is 1.97. The Hall–Kier alpha value is -0.760. The van der Waals surface area contributed by atoms with Gasteiger partial charge in [-0.25, -0.2) is 0 Å². The molecular weight excluding hydrogens is 251 g/mol. The normalized spacial score (nSPS) is 9.09. The van der Waals surface area contributed by atoms with E-state index in [9.17, 15) is 0 Å². The van der Waals surface area contributed by atoms with Crippen molar-refractivity contribution in [1.29, 1.82) is 5.26 Å². The fourth-order valence-electron chi connectivity index (χ4n) is 0.815. The minimum absolute atomic E-state index is 0.434. The molecule has 0 aliphatic heterocycles. The van der Waals surface area contributed by atoms with Crippen LogP contribution in [0.25, 0.3) is 0 Å². The van der Waals surface area contributed by atoms with Gasteiger partial charge in [-0.15, -0.1) is 0 Å². The van der Waals surface area contributed by atoms with Crippen LogP contribution in [0.4, 0.5) is 5.69 Å². The molecule has 0 aliphatic rings. The van der Waals surface area contributed by atoms with Crippen molar-refractivity contribution in [3.05, 3.63) is 27.3 Å². The van der Waals surface area contributed by atoms with Crippen LogP contribution >= 0.6 is 22.6 Å². The van der Waals surface area contributed by atoms with Gasteiger partial charge in [-0.1, -0.05) is 0 Å².